The number of fused-ring (bicyclic) bond motifs is 1. The van der Waals surface area contributed by atoms with Crippen LogP contribution in [-0.4, -0.2) is 9.55 Å². The van der Waals surface area contributed by atoms with Crippen molar-refractivity contribution < 1.29 is 4.39 Å². The zero-order valence-corrected chi connectivity index (χ0v) is 9.63. The first-order chi connectivity index (χ1) is 8.25. The molecule has 17 heavy (non-hydrogen) atoms. The van der Waals surface area contributed by atoms with Crippen molar-refractivity contribution in [3.05, 3.63) is 56.9 Å². The Labute approximate surface area is 100 Å². The van der Waals surface area contributed by atoms with E-state index in [-0.39, 0.29) is 11.2 Å². The number of thiophene rings is 1. The van der Waals surface area contributed by atoms with Crippen LogP contribution in [0.2, 0.25) is 0 Å². The van der Waals surface area contributed by atoms with Gasteiger partial charge in [-0.15, -0.1) is 11.3 Å². The molecule has 0 bridgehead atoms. The van der Waals surface area contributed by atoms with Crippen LogP contribution in [0.15, 0.2) is 40.5 Å². The molecule has 2 aromatic heterocycles. The van der Waals surface area contributed by atoms with Crippen molar-refractivity contribution in [2.75, 3.05) is 0 Å². The molecule has 0 saturated carbocycles. The van der Waals surface area contributed by atoms with Gasteiger partial charge in [0.05, 0.1) is 12.1 Å². The van der Waals surface area contributed by atoms with Gasteiger partial charge in [-0.25, -0.2) is 9.18 Å². The van der Waals surface area contributed by atoms with Crippen LogP contribution in [0.5, 0.6) is 0 Å². The van der Waals surface area contributed by atoms with Crippen molar-refractivity contribution in [1.82, 2.24) is 9.55 Å². The number of aromatic nitrogens is 2. The second-order valence-electron chi connectivity index (χ2n) is 3.73. The summed E-state index contributed by atoms with van der Waals surface area (Å²) in [5.41, 5.74) is 0.593. The quantitative estimate of drug-likeness (QED) is 0.743. The second-order valence-corrected chi connectivity index (χ2v) is 4.76. The zero-order chi connectivity index (χ0) is 11.8. The highest BCUT2D eigenvalue weighted by molar-refractivity contribution is 7.09. The summed E-state index contributed by atoms with van der Waals surface area (Å²) in [4.78, 5) is 15.4. The first-order valence-corrected chi connectivity index (χ1v) is 6.03. The first-order valence-electron chi connectivity index (χ1n) is 5.15. The minimum absolute atomic E-state index is 0.272. The summed E-state index contributed by atoms with van der Waals surface area (Å²) in [5, 5.41) is 1.95. The average Bonchev–Trinajstić information content (AvgIpc) is 2.91. The van der Waals surface area contributed by atoms with Crippen LogP contribution in [-0.2, 0) is 6.54 Å². The molecule has 0 aliphatic carbocycles. The van der Waals surface area contributed by atoms with Crippen molar-refractivity contribution in [2.45, 2.75) is 6.54 Å². The van der Waals surface area contributed by atoms with E-state index in [2.05, 4.69) is 4.98 Å². The van der Waals surface area contributed by atoms with Crippen molar-refractivity contribution in [1.29, 1.82) is 0 Å². The number of halogens is 1. The second kappa shape index (κ2) is 3.85. The lowest BCUT2D eigenvalue weighted by molar-refractivity contribution is 0.637. The number of aromatic amines is 1. The Balaban J connectivity index is 2.19. The monoisotopic (exact) mass is 248 g/mol. The number of hydrogen-bond acceptors (Lipinski definition) is 2. The van der Waals surface area contributed by atoms with Gasteiger partial charge in [0.25, 0.3) is 0 Å². The van der Waals surface area contributed by atoms with Crippen LogP contribution in [0.3, 0.4) is 0 Å². The highest BCUT2D eigenvalue weighted by Crippen LogP contribution is 2.16. The summed E-state index contributed by atoms with van der Waals surface area (Å²) in [5.74, 6) is -0.399. The van der Waals surface area contributed by atoms with Crippen LogP contribution in [0.25, 0.3) is 11.0 Å². The molecule has 0 aliphatic heterocycles. The van der Waals surface area contributed by atoms with Crippen molar-refractivity contribution in [3.8, 4) is 0 Å². The standard InChI is InChI=1S/C12H9FN2OS/c13-9-4-1-5-10-11(9)14-12(16)15(10)7-8-3-2-6-17-8/h1-6H,7H2,(H,14,16). The van der Waals surface area contributed by atoms with Gasteiger partial charge in [0, 0.05) is 4.88 Å². The molecular weight excluding hydrogens is 239 g/mol. The predicted molar refractivity (Wildman–Crippen MR) is 65.9 cm³/mol. The number of nitrogens with one attached hydrogen (secondary N) is 1. The molecular formula is C12H9FN2OS. The van der Waals surface area contributed by atoms with Crippen molar-refractivity contribution in [2.24, 2.45) is 0 Å². The maximum absolute atomic E-state index is 13.5. The molecule has 5 heteroatoms. The van der Waals surface area contributed by atoms with Gasteiger partial charge in [-0.1, -0.05) is 12.1 Å². The van der Waals surface area contributed by atoms with Crippen molar-refractivity contribution >= 4 is 22.4 Å². The number of nitrogens with zero attached hydrogens (tertiary/aromatic N) is 1. The van der Waals surface area contributed by atoms with E-state index in [1.807, 2.05) is 17.5 Å². The third-order valence-electron chi connectivity index (χ3n) is 2.65. The Kier molecular flexibility index (Phi) is 2.33. The van der Waals surface area contributed by atoms with Gasteiger partial charge in [-0.2, -0.15) is 0 Å². The zero-order valence-electron chi connectivity index (χ0n) is 8.81. The van der Waals surface area contributed by atoms with Gasteiger partial charge in [0.2, 0.25) is 0 Å². The molecule has 0 aliphatic rings. The van der Waals surface area contributed by atoms with E-state index in [9.17, 15) is 9.18 Å². The fourth-order valence-corrected chi connectivity index (χ4v) is 2.55. The molecule has 0 unspecified atom stereocenters. The number of rotatable bonds is 2. The molecule has 3 nitrogen and oxygen atoms in total. The Hall–Kier alpha value is -1.88. The van der Waals surface area contributed by atoms with E-state index in [1.165, 1.54) is 6.07 Å². The highest BCUT2D eigenvalue weighted by atomic mass is 32.1. The van der Waals surface area contributed by atoms with Crippen LogP contribution in [0.4, 0.5) is 4.39 Å². The number of hydrogen-bond donors (Lipinski definition) is 1. The topological polar surface area (TPSA) is 37.8 Å². The van der Waals surface area contributed by atoms with E-state index in [1.54, 1.807) is 28.0 Å². The minimum atomic E-state index is -0.399. The van der Waals surface area contributed by atoms with Gasteiger partial charge in [-0.3, -0.25) is 4.57 Å². The lowest BCUT2D eigenvalue weighted by Gasteiger charge is -2.00. The fraction of sp³-hybridized carbons (Fsp3) is 0.0833. The van der Waals surface area contributed by atoms with Gasteiger partial charge in [-0.05, 0) is 23.6 Å². The Morgan fingerprint density at radius 3 is 2.94 bits per heavy atom. The molecule has 3 aromatic rings. The first kappa shape index (κ1) is 10.3. The summed E-state index contributed by atoms with van der Waals surface area (Å²) >= 11 is 1.58. The highest BCUT2D eigenvalue weighted by Gasteiger charge is 2.10. The maximum atomic E-state index is 13.5. The molecule has 0 spiro atoms. The smallest absolute Gasteiger partial charge is 0.303 e. The number of imidazole rings is 1. The molecule has 0 amide bonds. The van der Waals surface area contributed by atoms with E-state index in [0.29, 0.717) is 12.1 Å². The molecule has 0 saturated heterocycles. The lowest BCUT2D eigenvalue weighted by atomic mass is 10.3. The van der Waals surface area contributed by atoms with Crippen LogP contribution < -0.4 is 5.69 Å². The normalized spacial score (nSPS) is 11.1. The summed E-state index contributed by atoms with van der Waals surface area (Å²) in [6.45, 7) is 0.472. The molecule has 0 atom stereocenters. The molecule has 1 N–H and O–H groups in total. The van der Waals surface area contributed by atoms with Gasteiger partial charge >= 0.3 is 5.69 Å². The summed E-state index contributed by atoms with van der Waals surface area (Å²) in [7, 11) is 0. The van der Waals surface area contributed by atoms with E-state index >= 15 is 0 Å². The number of benzene rings is 1. The fourth-order valence-electron chi connectivity index (χ4n) is 1.86. The Morgan fingerprint density at radius 2 is 2.18 bits per heavy atom. The average molecular weight is 248 g/mol. The third-order valence-corrected chi connectivity index (χ3v) is 3.51. The van der Waals surface area contributed by atoms with Crippen molar-refractivity contribution in [3.63, 3.8) is 0 Å². The SMILES string of the molecule is O=c1[nH]c2c(F)cccc2n1Cc1cccs1. The van der Waals surface area contributed by atoms with Crippen LogP contribution in [0, 0.1) is 5.82 Å². The van der Waals surface area contributed by atoms with Gasteiger partial charge < -0.3 is 4.98 Å². The van der Waals surface area contributed by atoms with E-state index < -0.39 is 5.82 Å². The molecule has 86 valence electrons. The summed E-state index contributed by atoms with van der Waals surface area (Å²) < 4.78 is 15.0. The lowest BCUT2D eigenvalue weighted by Crippen LogP contribution is -2.16. The molecule has 2 heterocycles. The molecule has 0 fully saturated rings. The Morgan fingerprint density at radius 1 is 1.29 bits per heavy atom. The molecule has 1 aromatic carbocycles. The van der Waals surface area contributed by atoms with Crippen LogP contribution in [0.1, 0.15) is 4.88 Å². The van der Waals surface area contributed by atoms with E-state index in [4.69, 9.17) is 0 Å². The number of para-hydroxylation sites is 1. The van der Waals surface area contributed by atoms with E-state index in [0.717, 1.165) is 4.88 Å². The Bertz CT molecular complexity index is 712. The largest absolute Gasteiger partial charge is 0.326 e. The van der Waals surface area contributed by atoms with Gasteiger partial charge in [0.15, 0.2) is 0 Å². The molecule has 0 radical (unpaired) electrons. The summed E-state index contributed by atoms with van der Waals surface area (Å²) in [6.07, 6.45) is 0. The summed E-state index contributed by atoms with van der Waals surface area (Å²) in [6, 6.07) is 8.57. The third kappa shape index (κ3) is 1.68. The molecule has 3 rings (SSSR count). The predicted octanol–water partition coefficient (Wildman–Crippen LogP) is 2.58. The van der Waals surface area contributed by atoms with Crippen LogP contribution >= 0.6 is 11.3 Å². The van der Waals surface area contributed by atoms with Gasteiger partial charge in [0.1, 0.15) is 11.3 Å². The minimum Gasteiger partial charge on any atom is -0.303 e. The number of H-pyrrole nitrogens is 1. The maximum Gasteiger partial charge on any atom is 0.326 e.